The Morgan fingerprint density at radius 1 is 0.971 bits per heavy atom. The molecule has 0 rings (SSSR count). The van der Waals surface area contributed by atoms with Crippen molar-refractivity contribution >= 4 is 5.91 Å². The van der Waals surface area contributed by atoms with E-state index in [0.29, 0.717) is 12.3 Å². The van der Waals surface area contributed by atoms with Gasteiger partial charge < -0.3 is 11.1 Å². The van der Waals surface area contributed by atoms with E-state index in [2.05, 4.69) is 53.1 Å². The Bertz CT molecular complexity index is 530. The number of nitrogens with two attached hydrogens (primary N) is 1. The van der Waals surface area contributed by atoms with Crippen LogP contribution in [0.4, 0.5) is 0 Å². The lowest BCUT2D eigenvalue weighted by atomic mass is 10.1. The molecule has 1 atom stereocenters. The zero-order chi connectivity index (χ0) is 27.0. The van der Waals surface area contributed by atoms with E-state index in [1.165, 1.54) is 44.1 Å². The molecule has 0 fully saturated rings. The molecule has 1 amide bonds. The second-order valence-electron chi connectivity index (χ2n) is 8.11. The molecule has 0 heterocycles. The third-order valence-electron chi connectivity index (χ3n) is 4.66. The van der Waals surface area contributed by atoms with Crippen LogP contribution in [0.3, 0.4) is 0 Å². The van der Waals surface area contributed by atoms with Gasteiger partial charge in [0.25, 0.3) is 0 Å². The summed E-state index contributed by atoms with van der Waals surface area (Å²) in [5.74, 6) is 0.615. The summed E-state index contributed by atoms with van der Waals surface area (Å²) in [5, 5.41) is 2.98. The summed E-state index contributed by atoms with van der Waals surface area (Å²) in [7, 11) is 0. The van der Waals surface area contributed by atoms with Gasteiger partial charge in [0.1, 0.15) is 0 Å². The molecule has 0 radical (unpaired) electrons. The van der Waals surface area contributed by atoms with E-state index in [-0.39, 0.29) is 5.91 Å². The molecule has 3 N–H and O–H groups in total. The van der Waals surface area contributed by atoms with Crippen LogP contribution in [0, 0.1) is 5.92 Å². The molecule has 0 aromatic rings. The van der Waals surface area contributed by atoms with Crippen molar-refractivity contribution in [2.24, 2.45) is 11.7 Å². The maximum Gasteiger partial charge on any atom is 0.220 e. The quantitative estimate of drug-likeness (QED) is 0.140. The van der Waals surface area contributed by atoms with Crippen molar-refractivity contribution < 1.29 is 4.79 Å². The Kier molecular flexibility index (Phi) is 41.0. The molecule has 0 aromatic carbocycles. The number of amides is 1. The van der Waals surface area contributed by atoms with Crippen LogP contribution in [-0.2, 0) is 4.79 Å². The first kappa shape index (κ1) is 39.2. The zero-order valence-electron chi connectivity index (χ0n) is 24.2. The normalized spacial score (nSPS) is 11.6. The highest BCUT2D eigenvalue weighted by Crippen LogP contribution is 2.07. The topological polar surface area (TPSA) is 55.1 Å². The zero-order valence-corrected chi connectivity index (χ0v) is 24.2. The van der Waals surface area contributed by atoms with E-state index in [9.17, 15) is 4.79 Å². The average molecular weight is 477 g/mol. The van der Waals surface area contributed by atoms with Gasteiger partial charge in [-0.05, 0) is 32.6 Å². The molecular weight excluding hydrogens is 416 g/mol. The summed E-state index contributed by atoms with van der Waals surface area (Å²) in [4.78, 5) is 11.5. The van der Waals surface area contributed by atoms with E-state index >= 15 is 0 Å². The third-order valence-corrected chi connectivity index (χ3v) is 4.66. The molecule has 0 aromatic heterocycles. The molecule has 0 bridgehead atoms. The lowest BCUT2D eigenvalue weighted by Gasteiger charge is -2.10. The van der Waals surface area contributed by atoms with Crippen LogP contribution in [-0.4, -0.2) is 12.5 Å². The summed E-state index contributed by atoms with van der Waals surface area (Å²) in [6.07, 6.45) is 22.7. The monoisotopic (exact) mass is 476 g/mol. The molecule has 0 spiro atoms. The van der Waals surface area contributed by atoms with Gasteiger partial charge in [0.05, 0.1) is 0 Å². The van der Waals surface area contributed by atoms with Gasteiger partial charge in [0.15, 0.2) is 0 Å². The predicted octanol–water partition coefficient (Wildman–Crippen LogP) is 9.44. The number of unbranched alkanes of at least 4 members (excludes halogenated alkanes) is 5. The molecule has 0 aliphatic carbocycles. The highest BCUT2D eigenvalue weighted by Gasteiger charge is 2.04. The Hall–Kier alpha value is -2.03. The summed E-state index contributed by atoms with van der Waals surface area (Å²) >= 11 is 0. The first-order chi connectivity index (χ1) is 16.4. The van der Waals surface area contributed by atoms with Crippen LogP contribution < -0.4 is 11.1 Å². The van der Waals surface area contributed by atoms with Crippen LogP contribution in [0.2, 0.25) is 0 Å². The third kappa shape index (κ3) is 37.3. The maximum atomic E-state index is 11.5. The largest absolute Gasteiger partial charge is 0.402 e. The second-order valence-corrected chi connectivity index (χ2v) is 8.11. The Morgan fingerprint density at radius 2 is 1.53 bits per heavy atom. The second kappa shape index (κ2) is 35.6. The van der Waals surface area contributed by atoms with Crippen LogP contribution in [0.5, 0.6) is 0 Å². The molecule has 200 valence electrons. The standard InChI is InChI=1S/C15H29NO.C11H17N.C3H8.C2H6/c1-4-7-8-9-10-11-12-15(17)16-13-14(5-2)6-3;1-4-6-7-8-10(3)9-11(12)5-2;1-3-2;1-2/h5,14H,2,4,6-13H2,1,3H3,(H,16,17);4-8H,1,9,12H2,2-3H3;3H2,1-2H3;1-2H3/b;7-6-,10-8-,11-5+;;. The van der Waals surface area contributed by atoms with E-state index in [1.807, 2.05) is 51.2 Å². The summed E-state index contributed by atoms with van der Waals surface area (Å²) in [6, 6.07) is 0. The fraction of sp³-hybridized carbons (Fsp3) is 0.645. The molecule has 1 unspecified atom stereocenters. The summed E-state index contributed by atoms with van der Waals surface area (Å²) < 4.78 is 0. The van der Waals surface area contributed by atoms with Gasteiger partial charge in [-0.15, -0.1) is 6.58 Å². The minimum Gasteiger partial charge on any atom is -0.402 e. The van der Waals surface area contributed by atoms with Gasteiger partial charge in [0.2, 0.25) is 5.91 Å². The molecule has 0 aliphatic heterocycles. The number of allylic oxidation sites excluding steroid dienone is 6. The van der Waals surface area contributed by atoms with Crippen molar-refractivity contribution in [1.29, 1.82) is 0 Å². The number of hydrogen-bond donors (Lipinski definition) is 2. The van der Waals surface area contributed by atoms with E-state index in [1.54, 1.807) is 6.08 Å². The Morgan fingerprint density at radius 3 is 2.00 bits per heavy atom. The minimum absolute atomic E-state index is 0.195. The molecule has 3 heteroatoms. The SMILES string of the molecule is C=C/C=C\C=C(\C)C/C(N)=C\C.C=CC(CC)CNC(=O)CCCCCCCC.CC.CCC. The van der Waals surface area contributed by atoms with Gasteiger partial charge in [-0.2, -0.15) is 0 Å². The maximum absolute atomic E-state index is 11.5. The number of rotatable bonds is 15. The lowest BCUT2D eigenvalue weighted by Crippen LogP contribution is -2.28. The lowest BCUT2D eigenvalue weighted by molar-refractivity contribution is -0.121. The van der Waals surface area contributed by atoms with Crippen molar-refractivity contribution in [3.05, 3.63) is 60.9 Å². The molecule has 0 saturated carbocycles. The van der Waals surface area contributed by atoms with Gasteiger partial charge in [-0.25, -0.2) is 0 Å². The van der Waals surface area contributed by atoms with Crippen molar-refractivity contribution in [2.45, 2.75) is 120 Å². The smallest absolute Gasteiger partial charge is 0.220 e. The fourth-order valence-corrected chi connectivity index (χ4v) is 2.57. The van der Waals surface area contributed by atoms with Gasteiger partial charge >= 0.3 is 0 Å². The van der Waals surface area contributed by atoms with Crippen molar-refractivity contribution in [3.8, 4) is 0 Å². The van der Waals surface area contributed by atoms with E-state index in [0.717, 1.165) is 31.5 Å². The molecule has 3 nitrogen and oxygen atoms in total. The molecular formula is C31H60N2O. The van der Waals surface area contributed by atoms with Crippen molar-refractivity contribution in [1.82, 2.24) is 5.32 Å². The fourth-order valence-electron chi connectivity index (χ4n) is 2.57. The summed E-state index contributed by atoms with van der Waals surface area (Å²) in [6.45, 7) is 24.7. The summed E-state index contributed by atoms with van der Waals surface area (Å²) in [5.41, 5.74) is 7.82. The Balaban J connectivity index is -0.000000231. The van der Waals surface area contributed by atoms with Gasteiger partial charge in [0, 0.05) is 25.1 Å². The Labute approximate surface area is 214 Å². The predicted molar refractivity (Wildman–Crippen MR) is 158 cm³/mol. The number of hydrogen-bond acceptors (Lipinski definition) is 2. The first-order valence-electron chi connectivity index (χ1n) is 13.6. The molecule has 0 saturated heterocycles. The highest BCUT2D eigenvalue weighted by atomic mass is 16.1. The van der Waals surface area contributed by atoms with Crippen LogP contribution in [0.25, 0.3) is 0 Å². The van der Waals surface area contributed by atoms with Crippen LogP contribution in [0.15, 0.2) is 60.9 Å². The van der Waals surface area contributed by atoms with Gasteiger partial charge in [-0.1, -0.05) is 129 Å². The van der Waals surface area contributed by atoms with E-state index < -0.39 is 0 Å². The first-order valence-corrected chi connectivity index (χ1v) is 13.6. The van der Waals surface area contributed by atoms with Crippen molar-refractivity contribution in [2.75, 3.05) is 6.54 Å². The number of carbonyl (C=O) groups excluding carboxylic acids is 1. The van der Waals surface area contributed by atoms with Crippen LogP contribution in [0.1, 0.15) is 120 Å². The van der Waals surface area contributed by atoms with Crippen molar-refractivity contribution in [3.63, 3.8) is 0 Å². The average Bonchev–Trinajstić information content (AvgIpc) is 2.84. The highest BCUT2D eigenvalue weighted by molar-refractivity contribution is 5.75. The number of carbonyl (C=O) groups is 1. The molecule has 0 aliphatic rings. The van der Waals surface area contributed by atoms with Gasteiger partial charge in [-0.3, -0.25) is 4.79 Å². The van der Waals surface area contributed by atoms with E-state index in [4.69, 9.17) is 5.73 Å². The molecule has 34 heavy (non-hydrogen) atoms. The number of nitrogens with one attached hydrogen (secondary N) is 1. The minimum atomic E-state index is 0.195. The van der Waals surface area contributed by atoms with Crippen LogP contribution >= 0.6 is 0 Å².